The maximum atomic E-state index is 11.0. The molecule has 13 heavy (non-hydrogen) atoms. The first kappa shape index (κ1) is 10.1. The molecule has 4 nitrogen and oxygen atoms in total. The molecule has 0 unspecified atom stereocenters. The van der Waals surface area contributed by atoms with Crippen LogP contribution in [0.2, 0.25) is 5.02 Å². The normalized spacial score (nSPS) is 12.5. The first-order chi connectivity index (χ1) is 6.13. The van der Waals surface area contributed by atoms with Crippen LogP contribution >= 0.6 is 11.6 Å². The van der Waals surface area contributed by atoms with Crippen LogP contribution in [-0.4, -0.2) is 22.9 Å². The minimum Gasteiger partial charge on any atom is -0.469 e. The maximum absolute atomic E-state index is 11.0. The summed E-state index contributed by atoms with van der Waals surface area (Å²) in [5, 5.41) is 4.52. The zero-order valence-corrected chi connectivity index (χ0v) is 8.28. The molecule has 0 bridgehead atoms. The van der Waals surface area contributed by atoms with E-state index in [2.05, 4.69) is 9.84 Å². The van der Waals surface area contributed by atoms with Gasteiger partial charge < -0.3 is 4.74 Å². The van der Waals surface area contributed by atoms with Gasteiger partial charge in [-0.05, 0) is 0 Å². The zero-order valence-electron chi connectivity index (χ0n) is 7.53. The second kappa shape index (κ2) is 4.28. The molecular weight excluding hydrogens is 192 g/mol. The van der Waals surface area contributed by atoms with Crippen LogP contribution in [0.1, 0.15) is 6.92 Å². The van der Waals surface area contributed by atoms with E-state index in [1.165, 1.54) is 13.3 Å². The van der Waals surface area contributed by atoms with E-state index in [1.54, 1.807) is 17.8 Å². The summed E-state index contributed by atoms with van der Waals surface area (Å²) in [4.78, 5) is 11.0. The molecule has 1 rings (SSSR count). The third kappa shape index (κ3) is 2.73. The summed E-state index contributed by atoms with van der Waals surface area (Å²) >= 11 is 5.66. The quantitative estimate of drug-likeness (QED) is 0.695. The first-order valence-corrected chi connectivity index (χ1v) is 4.27. The lowest BCUT2D eigenvalue weighted by molar-refractivity contribution is -0.145. The third-order valence-electron chi connectivity index (χ3n) is 1.67. The lowest BCUT2D eigenvalue weighted by atomic mass is 10.2. The summed E-state index contributed by atoms with van der Waals surface area (Å²) in [5.41, 5.74) is 0. The number of nitrogens with zero attached hydrogens (tertiary/aromatic N) is 2. The zero-order chi connectivity index (χ0) is 9.84. The van der Waals surface area contributed by atoms with E-state index in [1.807, 2.05) is 0 Å². The largest absolute Gasteiger partial charge is 0.469 e. The highest BCUT2D eigenvalue weighted by Gasteiger charge is 2.13. The SMILES string of the molecule is COC(=O)[C@@H](C)Cn1cc(Cl)cn1. The van der Waals surface area contributed by atoms with E-state index in [0.717, 1.165) is 0 Å². The van der Waals surface area contributed by atoms with Crippen LogP contribution in [0.5, 0.6) is 0 Å². The molecule has 1 aromatic heterocycles. The Morgan fingerprint density at radius 1 is 1.85 bits per heavy atom. The van der Waals surface area contributed by atoms with E-state index in [9.17, 15) is 4.79 Å². The highest BCUT2D eigenvalue weighted by molar-refractivity contribution is 6.30. The van der Waals surface area contributed by atoms with Gasteiger partial charge in [0.1, 0.15) is 0 Å². The lowest BCUT2D eigenvalue weighted by Gasteiger charge is -2.08. The summed E-state index contributed by atoms with van der Waals surface area (Å²) in [5.74, 6) is -0.451. The molecule has 0 N–H and O–H groups in total. The molecule has 0 spiro atoms. The van der Waals surface area contributed by atoms with E-state index >= 15 is 0 Å². The molecule has 0 fully saturated rings. The minimum absolute atomic E-state index is 0.207. The molecule has 0 aliphatic heterocycles. The molecule has 1 heterocycles. The molecule has 0 aliphatic rings. The highest BCUT2D eigenvalue weighted by atomic mass is 35.5. The number of aromatic nitrogens is 2. The van der Waals surface area contributed by atoms with Crippen molar-refractivity contribution >= 4 is 17.6 Å². The molecule has 0 radical (unpaired) electrons. The van der Waals surface area contributed by atoms with Crippen molar-refractivity contribution in [3.8, 4) is 0 Å². The van der Waals surface area contributed by atoms with Gasteiger partial charge in [0.05, 0.1) is 30.8 Å². The fourth-order valence-corrected chi connectivity index (χ4v) is 1.15. The Labute approximate surface area is 81.4 Å². The number of hydrogen-bond donors (Lipinski definition) is 0. The number of methoxy groups -OCH3 is 1. The average Bonchev–Trinajstić information content (AvgIpc) is 2.49. The van der Waals surface area contributed by atoms with Gasteiger partial charge in [-0.15, -0.1) is 0 Å². The Balaban J connectivity index is 2.54. The van der Waals surface area contributed by atoms with Crippen LogP contribution in [0.25, 0.3) is 0 Å². The highest BCUT2D eigenvalue weighted by Crippen LogP contribution is 2.07. The van der Waals surface area contributed by atoms with Crippen LogP contribution in [0.15, 0.2) is 12.4 Å². The smallest absolute Gasteiger partial charge is 0.310 e. The van der Waals surface area contributed by atoms with Gasteiger partial charge in [-0.25, -0.2) is 0 Å². The van der Waals surface area contributed by atoms with Gasteiger partial charge >= 0.3 is 5.97 Å². The summed E-state index contributed by atoms with van der Waals surface area (Å²) in [6, 6.07) is 0. The molecule has 5 heteroatoms. The number of ether oxygens (including phenoxy) is 1. The predicted octanol–water partition coefficient (Wildman–Crippen LogP) is 1.35. The van der Waals surface area contributed by atoms with Gasteiger partial charge in [0.15, 0.2) is 0 Å². The van der Waals surface area contributed by atoms with Crippen molar-refractivity contribution < 1.29 is 9.53 Å². The molecule has 1 atom stereocenters. The minimum atomic E-state index is -0.244. The van der Waals surface area contributed by atoms with E-state index < -0.39 is 0 Å². The molecule has 0 aromatic carbocycles. The van der Waals surface area contributed by atoms with Gasteiger partial charge in [-0.2, -0.15) is 5.10 Å². The number of hydrogen-bond acceptors (Lipinski definition) is 3. The van der Waals surface area contributed by atoms with Crippen molar-refractivity contribution in [1.82, 2.24) is 9.78 Å². The lowest BCUT2D eigenvalue weighted by Crippen LogP contribution is -2.18. The number of esters is 1. The van der Waals surface area contributed by atoms with E-state index in [0.29, 0.717) is 11.6 Å². The number of rotatable bonds is 3. The average molecular weight is 203 g/mol. The molecule has 1 aromatic rings. The monoisotopic (exact) mass is 202 g/mol. The summed E-state index contributed by atoms with van der Waals surface area (Å²) in [6.45, 7) is 2.26. The third-order valence-corrected chi connectivity index (χ3v) is 1.86. The number of carbonyl (C=O) groups excluding carboxylic acids is 1. The topological polar surface area (TPSA) is 44.1 Å². The van der Waals surface area contributed by atoms with Crippen molar-refractivity contribution in [2.24, 2.45) is 5.92 Å². The van der Waals surface area contributed by atoms with Gasteiger partial charge in [0.2, 0.25) is 0 Å². The fraction of sp³-hybridized carbons (Fsp3) is 0.500. The Morgan fingerprint density at radius 2 is 2.54 bits per heavy atom. The fourth-order valence-electron chi connectivity index (χ4n) is 0.994. The second-order valence-corrected chi connectivity index (χ2v) is 3.24. The second-order valence-electron chi connectivity index (χ2n) is 2.80. The van der Waals surface area contributed by atoms with Crippen molar-refractivity contribution in [2.75, 3.05) is 7.11 Å². The molecule has 0 saturated heterocycles. The Bertz CT molecular complexity index is 298. The standard InChI is InChI=1S/C8H11ClN2O2/c1-6(8(12)13-2)4-11-5-7(9)3-10-11/h3,5-6H,4H2,1-2H3/t6-/m0/s1. The van der Waals surface area contributed by atoms with Gasteiger partial charge in [0, 0.05) is 6.20 Å². The van der Waals surface area contributed by atoms with E-state index in [-0.39, 0.29) is 11.9 Å². The number of carbonyl (C=O) groups is 1. The molecule has 0 saturated carbocycles. The summed E-state index contributed by atoms with van der Waals surface area (Å²) in [7, 11) is 1.37. The molecule has 72 valence electrons. The Kier molecular flexibility index (Phi) is 3.31. The van der Waals surface area contributed by atoms with Gasteiger partial charge in [-0.3, -0.25) is 9.48 Å². The van der Waals surface area contributed by atoms with Crippen molar-refractivity contribution in [1.29, 1.82) is 0 Å². The Morgan fingerprint density at radius 3 is 3.00 bits per heavy atom. The van der Waals surface area contributed by atoms with E-state index in [4.69, 9.17) is 11.6 Å². The van der Waals surface area contributed by atoms with Crippen molar-refractivity contribution in [3.63, 3.8) is 0 Å². The summed E-state index contributed by atoms with van der Waals surface area (Å²) in [6.07, 6.45) is 3.20. The van der Waals surface area contributed by atoms with Crippen LogP contribution in [0.3, 0.4) is 0 Å². The molecule has 0 amide bonds. The Hall–Kier alpha value is -1.03. The molecule has 0 aliphatic carbocycles. The maximum Gasteiger partial charge on any atom is 0.310 e. The van der Waals surface area contributed by atoms with Crippen molar-refractivity contribution in [3.05, 3.63) is 17.4 Å². The summed E-state index contributed by atoms with van der Waals surface area (Å²) < 4.78 is 6.19. The van der Waals surface area contributed by atoms with Crippen molar-refractivity contribution in [2.45, 2.75) is 13.5 Å². The van der Waals surface area contributed by atoms with Crippen LogP contribution in [-0.2, 0) is 16.1 Å². The number of halogens is 1. The van der Waals surface area contributed by atoms with Crippen LogP contribution in [0, 0.1) is 5.92 Å². The van der Waals surface area contributed by atoms with Crippen LogP contribution < -0.4 is 0 Å². The van der Waals surface area contributed by atoms with Gasteiger partial charge in [-0.1, -0.05) is 18.5 Å². The predicted molar refractivity (Wildman–Crippen MR) is 48.4 cm³/mol. The van der Waals surface area contributed by atoms with Crippen LogP contribution in [0.4, 0.5) is 0 Å². The first-order valence-electron chi connectivity index (χ1n) is 3.89. The van der Waals surface area contributed by atoms with Gasteiger partial charge in [0.25, 0.3) is 0 Å². The molecular formula is C8H11ClN2O2.